The molecule has 0 aromatic carbocycles. The van der Waals surface area contributed by atoms with Crippen molar-refractivity contribution in [3.8, 4) is 0 Å². The first-order chi connectivity index (χ1) is 25.4. The molecule has 0 saturated heterocycles. The fraction of sp³-hybridized carbons (Fsp3) is 0.958. The lowest BCUT2D eigenvalue weighted by Crippen LogP contribution is -2.45. The summed E-state index contributed by atoms with van der Waals surface area (Å²) in [7, 11) is 0. The smallest absolute Gasteiger partial charge is 0.305 e. The molecule has 1 aliphatic rings. The molecule has 0 aliphatic heterocycles. The van der Waals surface area contributed by atoms with E-state index in [1.54, 1.807) is 0 Å². The van der Waals surface area contributed by atoms with Crippen molar-refractivity contribution in [2.24, 2.45) is 10.8 Å². The lowest BCUT2D eigenvalue weighted by Gasteiger charge is -2.56. The minimum atomic E-state index is -0.650. The molecule has 2 unspecified atom stereocenters. The van der Waals surface area contributed by atoms with E-state index in [0.29, 0.717) is 30.3 Å². The zero-order valence-electron chi connectivity index (χ0n) is 35.7. The average molecular weight is 733 g/mol. The number of aliphatic carboxylic acids is 1. The number of rotatable bonds is 39. The summed E-state index contributed by atoms with van der Waals surface area (Å²) in [5, 5.41) is 8.99. The van der Waals surface area contributed by atoms with E-state index < -0.39 is 5.97 Å². The summed E-state index contributed by atoms with van der Waals surface area (Å²) in [5.41, 5.74) is 1.06. The number of carboxylic acids is 1. The Morgan fingerprint density at radius 3 is 1.13 bits per heavy atom. The molecule has 0 aromatic rings. The highest BCUT2D eigenvalue weighted by atomic mass is 16.5. The van der Waals surface area contributed by atoms with Gasteiger partial charge in [0.15, 0.2) is 0 Å². The third kappa shape index (κ3) is 24.4. The van der Waals surface area contributed by atoms with Crippen LogP contribution < -0.4 is 0 Å². The molecule has 52 heavy (non-hydrogen) atoms. The van der Waals surface area contributed by atoms with E-state index in [2.05, 4.69) is 20.8 Å². The number of unbranched alkanes of at least 4 members (excludes halogenated alkanes) is 25. The van der Waals surface area contributed by atoms with Crippen LogP contribution in [0.3, 0.4) is 0 Å². The van der Waals surface area contributed by atoms with E-state index in [4.69, 9.17) is 9.84 Å². The zero-order chi connectivity index (χ0) is 37.9. The summed E-state index contributed by atoms with van der Waals surface area (Å²) >= 11 is 0. The molecular formula is C48H92O4. The number of hydrogen-bond acceptors (Lipinski definition) is 3. The van der Waals surface area contributed by atoms with Gasteiger partial charge in [-0.3, -0.25) is 9.59 Å². The number of hydrogen-bond donors (Lipinski definition) is 1. The van der Waals surface area contributed by atoms with Crippen LogP contribution in [0.5, 0.6) is 0 Å². The molecule has 2 atom stereocenters. The zero-order valence-corrected chi connectivity index (χ0v) is 35.7. The molecule has 0 amide bonds. The van der Waals surface area contributed by atoms with Crippen LogP contribution in [-0.4, -0.2) is 23.7 Å². The third-order valence-electron chi connectivity index (χ3n) is 13.0. The van der Waals surface area contributed by atoms with Gasteiger partial charge in [-0.05, 0) is 68.6 Å². The molecule has 1 fully saturated rings. The van der Waals surface area contributed by atoms with Crippen LogP contribution in [0.4, 0.5) is 0 Å². The maximum Gasteiger partial charge on any atom is 0.305 e. The van der Waals surface area contributed by atoms with Gasteiger partial charge in [0.2, 0.25) is 0 Å². The van der Waals surface area contributed by atoms with Crippen molar-refractivity contribution in [2.75, 3.05) is 6.61 Å². The molecule has 4 heteroatoms. The molecule has 0 spiro atoms. The van der Waals surface area contributed by atoms with Gasteiger partial charge in [0.05, 0.1) is 6.61 Å². The molecular weight excluding hydrogens is 641 g/mol. The second kappa shape index (κ2) is 34.4. The minimum Gasteiger partial charge on any atom is -0.481 e. The first-order valence-corrected chi connectivity index (χ1v) is 23.8. The van der Waals surface area contributed by atoms with Gasteiger partial charge in [-0.15, -0.1) is 0 Å². The lowest BCUT2D eigenvalue weighted by molar-refractivity contribution is -0.144. The van der Waals surface area contributed by atoms with Gasteiger partial charge in [-0.2, -0.15) is 0 Å². The van der Waals surface area contributed by atoms with Crippen LogP contribution >= 0.6 is 0 Å². The van der Waals surface area contributed by atoms with Crippen LogP contribution in [0, 0.1) is 10.8 Å². The van der Waals surface area contributed by atoms with Gasteiger partial charge in [0.1, 0.15) is 0 Å². The summed E-state index contributed by atoms with van der Waals surface area (Å²) < 4.78 is 5.54. The van der Waals surface area contributed by atoms with Crippen molar-refractivity contribution in [2.45, 2.75) is 278 Å². The Bertz CT molecular complexity index is 810. The molecule has 4 nitrogen and oxygen atoms in total. The largest absolute Gasteiger partial charge is 0.481 e. The first-order valence-electron chi connectivity index (χ1n) is 23.8. The molecule has 1 N–H and O–H groups in total. The number of carbonyl (C=O) groups is 2. The summed E-state index contributed by atoms with van der Waals surface area (Å²) in [6.07, 6.45) is 51.1. The number of carbonyl (C=O) groups excluding carboxylic acids is 1. The highest BCUT2D eigenvalue weighted by Gasteiger charge is 2.50. The topological polar surface area (TPSA) is 63.6 Å². The van der Waals surface area contributed by atoms with E-state index in [1.165, 1.54) is 212 Å². The van der Waals surface area contributed by atoms with E-state index in [0.717, 1.165) is 32.1 Å². The number of carboxylic acid groups (broad SMARTS) is 1. The normalized spacial score (nSPS) is 18.9. The molecule has 0 aromatic heterocycles. The maximum atomic E-state index is 12.3. The van der Waals surface area contributed by atoms with E-state index in [9.17, 15) is 9.59 Å². The van der Waals surface area contributed by atoms with E-state index in [1.807, 2.05) is 0 Å². The van der Waals surface area contributed by atoms with Crippen molar-refractivity contribution in [1.82, 2.24) is 0 Å². The summed E-state index contributed by atoms with van der Waals surface area (Å²) in [4.78, 5) is 23.2. The molecule has 0 radical (unpaired) electrons. The van der Waals surface area contributed by atoms with Crippen LogP contribution in [0.15, 0.2) is 0 Å². The Balaban J connectivity index is 2.56. The SMILES string of the molecule is CCCCCCCCCCCOC(=O)CCCCCCCCC1(CCCCCCCCC(=O)O)CCCCC1(CCCCC)CCCCCCCC. The monoisotopic (exact) mass is 733 g/mol. The number of esters is 1. The Labute approximate surface area is 325 Å². The Morgan fingerprint density at radius 2 is 0.731 bits per heavy atom. The standard InChI is InChI=1S/C48H92O4/c1-4-7-10-12-14-15-20-26-35-44-52-46(51)37-28-22-17-19-25-32-41-48(40-31-24-18-16-21-27-36-45(49)50)43-34-33-42-47(48,38-29-9-6-3)39-30-23-13-11-8-5-2/h4-44H2,1-3H3,(H,49,50). The molecule has 1 aliphatic carbocycles. The van der Waals surface area contributed by atoms with Crippen LogP contribution in [0.2, 0.25) is 0 Å². The van der Waals surface area contributed by atoms with E-state index >= 15 is 0 Å². The Hall–Kier alpha value is -1.06. The molecule has 1 saturated carbocycles. The minimum absolute atomic E-state index is 0.0174. The molecule has 0 heterocycles. The first kappa shape index (κ1) is 49.0. The van der Waals surface area contributed by atoms with Crippen molar-refractivity contribution in [3.63, 3.8) is 0 Å². The second-order valence-electron chi connectivity index (χ2n) is 17.4. The summed E-state index contributed by atoms with van der Waals surface area (Å²) in [5.74, 6) is -0.632. The third-order valence-corrected chi connectivity index (χ3v) is 13.0. The predicted molar refractivity (Wildman–Crippen MR) is 225 cm³/mol. The van der Waals surface area contributed by atoms with Crippen molar-refractivity contribution < 1.29 is 19.4 Å². The average Bonchev–Trinajstić information content (AvgIpc) is 3.13. The molecule has 0 bridgehead atoms. The van der Waals surface area contributed by atoms with E-state index in [-0.39, 0.29) is 5.97 Å². The van der Waals surface area contributed by atoms with Gasteiger partial charge in [0.25, 0.3) is 0 Å². The van der Waals surface area contributed by atoms with Crippen LogP contribution in [0.1, 0.15) is 278 Å². The van der Waals surface area contributed by atoms with Gasteiger partial charge >= 0.3 is 11.9 Å². The van der Waals surface area contributed by atoms with Crippen LogP contribution in [0.25, 0.3) is 0 Å². The summed E-state index contributed by atoms with van der Waals surface area (Å²) in [6.45, 7) is 7.58. The lowest BCUT2D eigenvalue weighted by atomic mass is 9.49. The maximum absolute atomic E-state index is 12.3. The van der Waals surface area contributed by atoms with Gasteiger partial charge < -0.3 is 9.84 Å². The molecule has 308 valence electrons. The highest BCUT2D eigenvalue weighted by Crippen LogP contribution is 2.61. The fourth-order valence-electron chi connectivity index (χ4n) is 9.78. The summed E-state index contributed by atoms with van der Waals surface area (Å²) in [6, 6.07) is 0. The quantitative estimate of drug-likeness (QED) is 0.0505. The van der Waals surface area contributed by atoms with Crippen molar-refractivity contribution in [3.05, 3.63) is 0 Å². The van der Waals surface area contributed by atoms with Gasteiger partial charge in [-0.1, -0.05) is 207 Å². The second-order valence-corrected chi connectivity index (χ2v) is 17.4. The Kier molecular flexibility index (Phi) is 32.4. The predicted octanol–water partition coefficient (Wildman–Crippen LogP) is 16.3. The fourth-order valence-corrected chi connectivity index (χ4v) is 9.78. The van der Waals surface area contributed by atoms with Gasteiger partial charge in [0, 0.05) is 12.8 Å². The van der Waals surface area contributed by atoms with Gasteiger partial charge in [-0.25, -0.2) is 0 Å². The van der Waals surface area contributed by atoms with Crippen LogP contribution in [-0.2, 0) is 14.3 Å². The van der Waals surface area contributed by atoms with Crippen molar-refractivity contribution in [1.29, 1.82) is 0 Å². The molecule has 1 rings (SSSR count). The highest BCUT2D eigenvalue weighted by molar-refractivity contribution is 5.69. The van der Waals surface area contributed by atoms with Crippen molar-refractivity contribution >= 4 is 11.9 Å². The number of ether oxygens (including phenoxy) is 1. The Morgan fingerprint density at radius 1 is 0.423 bits per heavy atom.